The van der Waals surface area contributed by atoms with E-state index >= 15 is 0 Å². The van der Waals surface area contributed by atoms with Crippen LogP contribution in [-0.2, 0) is 19.7 Å². The van der Waals surface area contributed by atoms with Gasteiger partial charge < -0.3 is 15.4 Å². The maximum absolute atomic E-state index is 12.2. The number of benzene rings is 1. The summed E-state index contributed by atoms with van der Waals surface area (Å²) in [5.74, 6) is -1.61. The van der Waals surface area contributed by atoms with Crippen molar-refractivity contribution in [2.75, 3.05) is 13.2 Å². The predicted molar refractivity (Wildman–Crippen MR) is 108 cm³/mol. The maximum Gasteiger partial charge on any atom is 0.325 e. The molecule has 0 unspecified atom stereocenters. The van der Waals surface area contributed by atoms with Gasteiger partial charge in [0, 0.05) is 5.56 Å². The van der Waals surface area contributed by atoms with E-state index in [2.05, 4.69) is 37.5 Å². The van der Waals surface area contributed by atoms with Crippen molar-refractivity contribution in [2.45, 2.75) is 63.8 Å². The molecule has 2 amide bonds. The van der Waals surface area contributed by atoms with Crippen LogP contribution in [0.5, 0.6) is 0 Å². The molecule has 0 spiro atoms. The molecule has 2 rings (SSSR count). The van der Waals surface area contributed by atoms with Gasteiger partial charge >= 0.3 is 5.97 Å². The summed E-state index contributed by atoms with van der Waals surface area (Å²) in [6.07, 6.45) is 4.03. The smallest absolute Gasteiger partial charge is 0.325 e. The molecule has 0 radical (unpaired) electrons. The van der Waals surface area contributed by atoms with Gasteiger partial charge in [-0.15, -0.1) is 0 Å². The fraction of sp³-hybridized carbons (Fsp3) is 0.545. The van der Waals surface area contributed by atoms with Gasteiger partial charge in [0.15, 0.2) is 6.61 Å². The molecule has 2 N–H and O–H groups in total. The van der Waals surface area contributed by atoms with Crippen LogP contribution in [0.15, 0.2) is 24.3 Å². The summed E-state index contributed by atoms with van der Waals surface area (Å²) >= 11 is 0. The average molecular weight is 399 g/mol. The molecule has 0 saturated heterocycles. The molecule has 0 bridgehead atoms. The number of carbonyl (C=O) groups excluding carboxylic acids is 3. The first-order valence-corrected chi connectivity index (χ1v) is 9.92. The van der Waals surface area contributed by atoms with E-state index < -0.39 is 29.9 Å². The molecular weight excluding hydrogens is 370 g/mol. The zero-order chi connectivity index (χ0) is 21.5. The van der Waals surface area contributed by atoms with Crippen LogP contribution in [0.4, 0.5) is 0 Å². The molecule has 1 saturated carbocycles. The Hall–Kier alpha value is -2.88. The van der Waals surface area contributed by atoms with E-state index in [-0.39, 0.29) is 12.0 Å². The van der Waals surface area contributed by atoms with Crippen LogP contribution in [0, 0.1) is 11.3 Å². The molecule has 0 aliphatic heterocycles. The van der Waals surface area contributed by atoms with Gasteiger partial charge in [-0.2, -0.15) is 5.26 Å². The second-order valence-corrected chi connectivity index (χ2v) is 8.47. The van der Waals surface area contributed by atoms with Gasteiger partial charge in [0.05, 0.1) is 6.07 Å². The van der Waals surface area contributed by atoms with Gasteiger partial charge in [-0.05, 0) is 36.0 Å². The molecule has 7 nitrogen and oxygen atoms in total. The lowest BCUT2D eigenvalue weighted by Crippen LogP contribution is -2.50. The molecule has 1 aliphatic carbocycles. The molecule has 156 valence electrons. The molecule has 0 atom stereocenters. The molecule has 1 fully saturated rings. The SMILES string of the molecule is CC(C)(C)c1ccc(C(=O)NCC(=O)OCC(=O)NC2(C#N)CCCCC2)cc1. The van der Waals surface area contributed by atoms with Crippen molar-refractivity contribution in [2.24, 2.45) is 0 Å². The normalized spacial score (nSPS) is 15.7. The Morgan fingerprint density at radius 1 is 1.10 bits per heavy atom. The van der Waals surface area contributed by atoms with E-state index in [4.69, 9.17) is 4.74 Å². The minimum atomic E-state index is -0.866. The Bertz CT molecular complexity index is 782. The minimum Gasteiger partial charge on any atom is -0.454 e. The highest BCUT2D eigenvalue weighted by molar-refractivity contribution is 5.96. The lowest BCUT2D eigenvalue weighted by molar-refractivity contribution is -0.148. The highest BCUT2D eigenvalue weighted by Crippen LogP contribution is 2.27. The zero-order valence-electron chi connectivity index (χ0n) is 17.3. The summed E-state index contributed by atoms with van der Waals surface area (Å²) < 4.78 is 4.91. The summed E-state index contributed by atoms with van der Waals surface area (Å²) in [4.78, 5) is 36.0. The topological polar surface area (TPSA) is 108 Å². The molecular formula is C22H29N3O4. The quantitative estimate of drug-likeness (QED) is 0.715. The lowest BCUT2D eigenvalue weighted by Gasteiger charge is -2.31. The minimum absolute atomic E-state index is 0.0128. The Kier molecular flexibility index (Phi) is 7.38. The Labute approximate surface area is 171 Å². The fourth-order valence-corrected chi connectivity index (χ4v) is 3.30. The standard InChI is InChI=1S/C22H29N3O4/c1-21(2,3)17-9-7-16(8-10-17)20(28)24-13-19(27)29-14-18(26)25-22(15-23)11-5-4-6-12-22/h7-10H,4-6,11-14H2,1-3H3,(H,24,28)(H,25,26). The second-order valence-electron chi connectivity index (χ2n) is 8.47. The van der Waals surface area contributed by atoms with Gasteiger partial charge in [0.2, 0.25) is 0 Å². The number of esters is 1. The third-order valence-electron chi connectivity index (χ3n) is 5.07. The summed E-state index contributed by atoms with van der Waals surface area (Å²) in [6.45, 7) is 5.44. The maximum atomic E-state index is 12.2. The van der Waals surface area contributed by atoms with Crippen LogP contribution in [0.2, 0.25) is 0 Å². The third kappa shape index (κ3) is 6.60. The van der Waals surface area contributed by atoms with Crippen molar-refractivity contribution in [1.82, 2.24) is 10.6 Å². The monoisotopic (exact) mass is 399 g/mol. The van der Waals surface area contributed by atoms with Crippen molar-refractivity contribution < 1.29 is 19.1 Å². The number of amides is 2. The van der Waals surface area contributed by atoms with Crippen LogP contribution in [0.1, 0.15) is 68.8 Å². The largest absolute Gasteiger partial charge is 0.454 e. The molecule has 0 heterocycles. The molecule has 1 aromatic rings. The Morgan fingerprint density at radius 3 is 2.28 bits per heavy atom. The van der Waals surface area contributed by atoms with Crippen molar-refractivity contribution >= 4 is 17.8 Å². The number of hydrogen-bond acceptors (Lipinski definition) is 5. The van der Waals surface area contributed by atoms with Crippen LogP contribution >= 0.6 is 0 Å². The number of nitriles is 1. The van der Waals surface area contributed by atoms with Crippen molar-refractivity contribution in [3.05, 3.63) is 35.4 Å². The molecule has 0 aromatic heterocycles. The van der Waals surface area contributed by atoms with Crippen LogP contribution in [-0.4, -0.2) is 36.5 Å². The summed E-state index contributed by atoms with van der Waals surface area (Å²) in [6, 6.07) is 9.36. The molecule has 7 heteroatoms. The third-order valence-corrected chi connectivity index (χ3v) is 5.07. The van der Waals surface area contributed by atoms with Crippen LogP contribution in [0.3, 0.4) is 0 Å². The second kappa shape index (κ2) is 9.55. The number of carbonyl (C=O) groups is 3. The number of nitrogens with one attached hydrogen (secondary N) is 2. The molecule has 1 aromatic carbocycles. The predicted octanol–water partition coefficient (Wildman–Crippen LogP) is 2.60. The lowest BCUT2D eigenvalue weighted by atomic mass is 9.83. The highest BCUT2D eigenvalue weighted by Gasteiger charge is 2.33. The van der Waals surface area contributed by atoms with E-state index in [0.717, 1.165) is 24.8 Å². The summed E-state index contributed by atoms with van der Waals surface area (Å²) in [5, 5.41) is 14.5. The van der Waals surface area contributed by atoms with Crippen LogP contribution < -0.4 is 10.6 Å². The van der Waals surface area contributed by atoms with Gasteiger partial charge in [-0.3, -0.25) is 14.4 Å². The Balaban J connectivity index is 1.76. The van der Waals surface area contributed by atoms with Gasteiger partial charge in [0.1, 0.15) is 12.1 Å². The highest BCUT2D eigenvalue weighted by atomic mass is 16.5. The van der Waals surface area contributed by atoms with Gasteiger partial charge in [0.25, 0.3) is 11.8 Å². The van der Waals surface area contributed by atoms with E-state index in [1.807, 2.05) is 12.1 Å². The molecule has 29 heavy (non-hydrogen) atoms. The zero-order valence-corrected chi connectivity index (χ0v) is 17.3. The number of hydrogen-bond donors (Lipinski definition) is 2. The number of ether oxygens (including phenoxy) is 1. The summed E-state index contributed by atoms with van der Waals surface area (Å²) in [5.41, 5.74) is 0.667. The molecule has 1 aliphatic rings. The van der Waals surface area contributed by atoms with E-state index in [1.54, 1.807) is 12.1 Å². The van der Waals surface area contributed by atoms with E-state index in [9.17, 15) is 19.6 Å². The van der Waals surface area contributed by atoms with Crippen molar-refractivity contribution in [3.8, 4) is 6.07 Å². The van der Waals surface area contributed by atoms with Crippen molar-refractivity contribution in [1.29, 1.82) is 5.26 Å². The van der Waals surface area contributed by atoms with Crippen LogP contribution in [0.25, 0.3) is 0 Å². The van der Waals surface area contributed by atoms with E-state index in [0.29, 0.717) is 18.4 Å². The number of nitrogens with zero attached hydrogens (tertiary/aromatic N) is 1. The first kappa shape index (κ1) is 22.4. The van der Waals surface area contributed by atoms with Gasteiger partial charge in [-0.1, -0.05) is 52.2 Å². The average Bonchev–Trinajstić information content (AvgIpc) is 2.70. The first-order valence-electron chi connectivity index (χ1n) is 9.92. The van der Waals surface area contributed by atoms with Crippen molar-refractivity contribution in [3.63, 3.8) is 0 Å². The van der Waals surface area contributed by atoms with E-state index in [1.165, 1.54) is 0 Å². The fourth-order valence-electron chi connectivity index (χ4n) is 3.30. The summed E-state index contributed by atoms with van der Waals surface area (Å²) in [7, 11) is 0. The number of rotatable bonds is 6. The first-order chi connectivity index (χ1) is 13.6. The Morgan fingerprint density at radius 2 is 1.72 bits per heavy atom. The van der Waals surface area contributed by atoms with Gasteiger partial charge in [-0.25, -0.2) is 0 Å².